The zero-order chi connectivity index (χ0) is 26.9. The van der Waals surface area contributed by atoms with E-state index in [9.17, 15) is 4.79 Å². The molecule has 4 heterocycles. The highest BCUT2D eigenvalue weighted by atomic mass is 16.5. The lowest BCUT2D eigenvalue weighted by Crippen LogP contribution is -2.36. The molecule has 3 aromatic heterocycles. The van der Waals surface area contributed by atoms with Crippen molar-refractivity contribution in [1.29, 1.82) is 0 Å². The quantitative estimate of drug-likeness (QED) is 0.308. The smallest absolute Gasteiger partial charge is 0.202 e. The molecule has 8 heteroatoms. The van der Waals surface area contributed by atoms with Crippen molar-refractivity contribution >= 4 is 11.5 Å². The largest absolute Gasteiger partial charge is 0.457 e. The Morgan fingerprint density at radius 3 is 2.58 bits per heavy atom. The zero-order valence-electron chi connectivity index (χ0n) is 22.8. The van der Waals surface area contributed by atoms with E-state index in [0.29, 0.717) is 5.76 Å². The summed E-state index contributed by atoms with van der Waals surface area (Å²) in [5.41, 5.74) is 6.46. The third-order valence-electron chi connectivity index (χ3n) is 6.92. The summed E-state index contributed by atoms with van der Waals surface area (Å²) in [5.74, 6) is 1.27. The van der Waals surface area contributed by atoms with Crippen LogP contribution in [0.2, 0.25) is 0 Å². The highest BCUT2D eigenvalue weighted by Crippen LogP contribution is 2.30. The summed E-state index contributed by atoms with van der Waals surface area (Å²) in [6.07, 6.45) is 6.67. The molecular formula is C30H35N5O3. The molecule has 1 saturated heterocycles. The van der Waals surface area contributed by atoms with Crippen molar-refractivity contribution in [3.8, 4) is 16.9 Å². The Labute approximate surface area is 223 Å². The number of nitrogens with zero attached hydrogens (tertiary/aromatic N) is 5. The second kappa shape index (κ2) is 10.5. The fourth-order valence-electron chi connectivity index (χ4n) is 4.82. The number of morpholine rings is 1. The highest BCUT2D eigenvalue weighted by molar-refractivity contribution is 5.95. The van der Waals surface area contributed by atoms with E-state index in [0.717, 1.165) is 77.8 Å². The number of hydrogen-bond donors (Lipinski definition) is 0. The molecule has 0 N–H and O–H groups in total. The van der Waals surface area contributed by atoms with E-state index in [1.54, 1.807) is 10.9 Å². The summed E-state index contributed by atoms with van der Waals surface area (Å²) in [5, 5.41) is 8.82. The Hall–Kier alpha value is -3.78. The van der Waals surface area contributed by atoms with Crippen molar-refractivity contribution in [2.75, 3.05) is 31.2 Å². The number of aromatic nitrogens is 4. The van der Waals surface area contributed by atoms with E-state index >= 15 is 0 Å². The Bertz CT molecular complexity index is 1440. The first-order chi connectivity index (χ1) is 18.2. The Kier molecular flexibility index (Phi) is 7.17. The van der Waals surface area contributed by atoms with Crippen molar-refractivity contribution < 1.29 is 13.9 Å². The molecule has 38 heavy (non-hydrogen) atoms. The second-order valence-electron chi connectivity index (χ2n) is 10.9. The first kappa shape index (κ1) is 25.9. The van der Waals surface area contributed by atoms with Crippen LogP contribution in [0.15, 0.2) is 53.3 Å². The summed E-state index contributed by atoms with van der Waals surface area (Å²) in [6.45, 7) is 13.6. The first-order valence-electron chi connectivity index (χ1n) is 13.2. The van der Waals surface area contributed by atoms with Gasteiger partial charge in [0.1, 0.15) is 11.5 Å². The maximum Gasteiger partial charge on any atom is 0.202 e. The third-order valence-corrected chi connectivity index (χ3v) is 6.92. The fourth-order valence-corrected chi connectivity index (χ4v) is 4.82. The predicted molar refractivity (Wildman–Crippen MR) is 147 cm³/mol. The van der Waals surface area contributed by atoms with Crippen molar-refractivity contribution in [1.82, 2.24) is 20.0 Å². The van der Waals surface area contributed by atoms with E-state index in [1.165, 1.54) is 0 Å². The molecule has 4 aromatic rings. The van der Waals surface area contributed by atoms with Crippen molar-refractivity contribution in [3.63, 3.8) is 0 Å². The average Bonchev–Trinajstić information content (AvgIpc) is 3.58. The molecule has 0 aliphatic carbocycles. The minimum absolute atomic E-state index is 0.0321. The van der Waals surface area contributed by atoms with Crippen LogP contribution < -0.4 is 4.90 Å². The van der Waals surface area contributed by atoms with E-state index in [2.05, 4.69) is 54.0 Å². The molecule has 1 fully saturated rings. The molecule has 5 rings (SSSR count). The van der Waals surface area contributed by atoms with Crippen molar-refractivity contribution in [2.24, 2.45) is 0 Å². The van der Waals surface area contributed by atoms with Crippen molar-refractivity contribution in [2.45, 2.75) is 52.9 Å². The van der Waals surface area contributed by atoms with Crippen LogP contribution in [0.4, 0.5) is 5.69 Å². The monoisotopic (exact) mass is 513 g/mol. The molecule has 0 saturated carbocycles. The number of hydrogen-bond acceptors (Lipinski definition) is 7. The van der Waals surface area contributed by atoms with E-state index in [4.69, 9.17) is 9.15 Å². The lowest BCUT2D eigenvalue weighted by Gasteiger charge is -2.28. The molecule has 1 aromatic carbocycles. The zero-order valence-corrected chi connectivity index (χ0v) is 22.8. The van der Waals surface area contributed by atoms with Gasteiger partial charge >= 0.3 is 0 Å². The standard InChI is InChI=1S/C30H35N5O3/c1-6-22-16-28(38-29(22)30(3,4)5)27(36)14-21-8-7-20(2)26(13-21)35-19-25(32-33-35)23-15-24(18-31-17-23)34-9-11-37-12-10-34/h7-8,13,15-19H,6,9-12,14H2,1-5H3. The van der Waals surface area contributed by atoms with Crippen molar-refractivity contribution in [3.05, 3.63) is 77.1 Å². The van der Waals surface area contributed by atoms with Gasteiger partial charge in [-0.3, -0.25) is 9.78 Å². The van der Waals surface area contributed by atoms with Gasteiger partial charge in [-0.1, -0.05) is 45.0 Å². The summed E-state index contributed by atoms with van der Waals surface area (Å²) >= 11 is 0. The molecule has 0 bridgehead atoms. The van der Waals surface area contributed by atoms with Gasteiger partial charge in [0.05, 0.1) is 37.0 Å². The third kappa shape index (κ3) is 5.41. The van der Waals surface area contributed by atoms with Crippen LogP contribution in [-0.4, -0.2) is 52.1 Å². The van der Waals surface area contributed by atoms with Gasteiger partial charge in [0.2, 0.25) is 5.78 Å². The number of ketones is 1. The van der Waals surface area contributed by atoms with E-state index < -0.39 is 0 Å². The van der Waals surface area contributed by atoms with E-state index in [1.807, 2.05) is 43.6 Å². The molecule has 198 valence electrons. The SMILES string of the molecule is CCc1cc(C(=O)Cc2ccc(C)c(-n3cc(-c4cncc(N5CCOCC5)c4)nn3)c2)oc1C(C)(C)C. The number of carbonyl (C=O) groups is 1. The Morgan fingerprint density at radius 1 is 1.08 bits per heavy atom. The average molecular weight is 514 g/mol. The minimum atomic E-state index is -0.150. The molecular weight excluding hydrogens is 478 g/mol. The van der Waals surface area contributed by atoms with Crippen LogP contribution in [0.3, 0.4) is 0 Å². The number of aryl methyl sites for hydroxylation is 2. The lowest BCUT2D eigenvalue weighted by atomic mass is 9.90. The number of rotatable bonds is 7. The number of pyridine rings is 1. The normalized spacial score (nSPS) is 14.2. The maximum atomic E-state index is 13.2. The summed E-state index contributed by atoms with van der Waals surface area (Å²) in [6, 6.07) is 10.00. The molecule has 0 spiro atoms. The van der Waals surface area contributed by atoms with Crippen LogP contribution in [0.25, 0.3) is 16.9 Å². The summed E-state index contributed by atoms with van der Waals surface area (Å²) < 4.78 is 13.3. The van der Waals surface area contributed by atoms with Crippen LogP contribution >= 0.6 is 0 Å². The van der Waals surface area contributed by atoms with Gasteiger partial charge in [0.15, 0.2) is 5.76 Å². The number of benzene rings is 1. The number of carbonyl (C=O) groups excluding carboxylic acids is 1. The Balaban J connectivity index is 1.37. The topological polar surface area (TPSA) is 86.3 Å². The van der Waals surface area contributed by atoms with Gasteiger partial charge in [-0.2, -0.15) is 0 Å². The molecule has 1 aliphatic heterocycles. The molecule has 0 atom stereocenters. The second-order valence-corrected chi connectivity index (χ2v) is 10.9. The van der Waals surface area contributed by atoms with Gasteiger partial charge in [-0.25, -0.2) is 4.68 Å². The van der Waals surface area contributed by atoms with Crippen LogP contribution in [0.1, 0.15) is 60.7 Å². The Morgan fingerprint density at radius 2 is 1.87 bits per heavy atom. The van der Waals surface area contributed by atoms with Crippen LogP contribution in [0.5, 0.6) is 0 Å². The molecule has 1 aliphatic rings. The van der Waals surface area contributed by atoms with Crippen LogP contribution in [-0.2, 0) is 23.0 Å². The maximum absolute atomic E-state index is 13.2. The minimum Gasteiger partial charge on any atom is -0.457 e. The van der Waals surface area contributed by atoms with Gasteiger partial charge < -0.3 is 14.1 Å². The molecule has 0 amide bonds. The number of ether oxygens (including phenoxy) is 1. The number of anilines is 1. The molecule has 0 unspecified atom stereocenters. The van der Waals surface area contributed by atoms with Crippen LogP contribution in [0, 0.1) is 6.92 Å². The van der Waals surface area contributed by atoms with Gasteiger partial charge in [0.25, 0.3) is 0 Å². The molecule has 0 radical (unpaired) electrons. The predicted octanol–water partition coefficient (Wildman–Crippen LogP) is 5.35. The fraction of sp³-hybridized carbons (Fsp3) is 0.400. The lowest BCUT2D eigenvalue weighted by molar-refractivity contribution is 0.0963. The number of furan rings is 1. The van der Waals surface area contributed by atoms with Gasteiger partial charge in [-0.15, -0.1) is 5.10 Å². The molecule has 8 nitrogen and oxygen atoms in total. The van der Waals surface area contributed by atoms with E-state index in [-0.39, 0.29) is 17.6 Å². The first-order valence-corrected chi connectivity index (χ1v) is 13.2. The summed E-state index contributed by atoms with van der Waals surface area (Å²) in [4.78, 5) is 19.9. The highest BCUT2D eigenvalue weighted by Gasteiger charge is 2.25. The number of Topliss-reactive ketones (excluding diaryl/α,β-unsaturated/α-hetero) is 1. The van der Waals surface area contributed by atoms with Gasteiger partial charge in [0, 0.05) is 36.7 Å². The summed E-state index contributed by atoms with van der Waals surface area (Å²) in [7, 11) is 0. The van der Waals surface area contributed by atoms with Gasteiger partial charge in [-0.05, 0) is 48.2 Å².